The SMILES string of the molecule is CC[C@@H](NS(=O)(=O)c1ccc(OC)c(Cl)c1)c1ccccc1. The Labute approximate surface area is 136 Å². The molecule has 0 radical (unpaired) electrons. The van der Waals surface area contributed by atoms with Gasteiger partial charge in [0, 0.05) is 6.04 Å². The molecule has 2 aromatic carbocycles. The summed E-state index contributed by atoms with van der Waals surface area (Å²) in [7, 11) is -2.17. The van der Waals surface area contributed by atoms with E-state index in [-0.39, 0.29) is 16.0 Å². The molecule has 0 aliphatic rings. The van der Waals surface area contributed by atoms with Crippen LogP contribution in [0.5, 0.6) is 5.75 Å². The molecule has 0 aliphatic carbocycles. The molecule has 0 saturated carbocycles. The van der Waals surface area contributed by atoms with E-state index in [1.165, 1.54) is 19.2 Å². The molecular weight excluding hydrogens is 322 g/mol. The molecule has 1 atom stereocenters. The standard InChI is InChI=1S/C16H18ClNO3S/c1-3-15(12-7-5-4-6-8-12)18-22(19,20)13-9-10-16(21-2)14(17)11-13/h4-11,15,18H,3H2,1-2H3/t15-/m1/s1. The fraction of sp³-hybridized carbons (Fsp3) is 0.250. The first-order valence-corrected chi connectivity index (χ1v) is 8.75. The molecule has 0 bridgehead atoms. The summed E-state index contributed by atoms with van der Waals surface area (Å²) in [5.41, 5.74) is 0.924. The van der Waals surface area contributed by atoms with E-state index < -0.39 is 10.0 Å². The van der Waals surface area contributed by atoms with Gasteiger partial charge in [0.25, 0.3) is 0 Å². The number of hydrogen-bond acceptors (Lipinski definition) is 3. The molecule has 0 amide bonds. The molecule has 0 heterocycles. The molecule has 118 valence electrons. The predicted octanol–water partition coefficient (Wildman–Crippen LogP) is 3.78. The van der Waals surface area contributed by atoms with Crippen LogP contribution in [0.2, 0.25) is 5.02 Å². The number of methoxy groups -OCH3 is 1. The lowest BCUT2D eigenvalue weighted by molar-refractivity contribution is 0.414. The Morgan fingerprint density at radius 3 is 2.41 bits per heavy atom. The van der Waals surface area contributed by atoms with Crippen LogP contribution in [0.25, 0.3) is 0 Å². The number of nitrogens with one attached hydrogen (secondary N) is 1. The van der Waals surface area contributed by atoms with Gasteiger partial charge in [-0.1, -0.05) is 48.9 Å². The summed E-state index contributed by atoms with van der Waals surface area (Å²) in [4.78, 5) is 0.118. The maximum absolute atomic E-state index is 12.5. The lowest BCUT2D eigenvalue weighted by Gasteiger charge is -2.18. The zero-order valence-corrected chi connectivity index (χ0v) is 14.0. The summed E-state index contributed by atoms with van der Waals surface area (Å²) >= 11 is 6.01. The van der Waals surface area contributed by atoms with Crippen molar-refractivity contribution in [2.45, 2.75) is 24.3 Å². The van der Waals surface area contributed by atoms with Crippen LogP contribution in [0, 0.1) is 0 Å². The highest BCUT2D eigenvalue weighted by Gasteiger charge is 2.21. The topological polar surface area (TPSA) is 55.4 Å². The summed E-state index contributed by atoms with van der Waals surface area (Å²) in [5, 5.41) is 0.262. The van der Waals surface area contributed by atoms with E-state index in [2.05, 4.69) is 4.72 Å². The van der Waals surface area contributed by atoms with Crippen LogP contribution in [0.15, 0.2) is 53.4 Å². The van der Waals surface area contributed by atoms with Crippen LogP contribution in [-0.2, 0) is 10.0 Å². The predicted molar refractivity (Wildman–Crippen MR) is 87.8 cm³/mol. The molecular formula is C16H18ClNO3S. The molecule has 0 aromatic heterocycles. The van der Waals surface area contributed by atoms with Crippen molar-refractivity contribution in [2.24, 2.45) is 0 Å². The van der Waals surface area contributed by atoms with E-state index in [1.807, 2.05) is 37.3 Å². The monoisotopic (exact) mass is 339 g/mol. The number of hydrogen-bond donors (Lipinski definition) is 1. The molecule has 2 aromatic rings. The van der Waals surface area contributed by atoms with Gasteiger partial charge in [-0.25, -0.2) is 13.1 Å². The van der Waals surface area contributed by atoms with E-state index >= 15 is 0 Å². The van der Waals surface area contributed by atoms with Gasteiger partial charge >= 0.3 is 0 Å². The second-order valence-electron chi connectivity index (χ2n) is 4.79. The Balaban J connectivity index is 2.28. The molecule has 0 spiro atoms. The first kappa shape index (κ1) is 16.8. The minimum Gasteiger partial charge on any atom is -0.495 e. The highest BCUT2D eigenvalue weighted by atomic mass is 35.5. The van der Waals surface area contributed by atoms with Gasteiger partial charge in [-0.3, -0.25) is 0 Å². The van der Waals surface area contributed by atoms with Crippen molar-refractivity contribution >= 4 is 21.6 Å². The van der Waals surface area contributed by atoms with Crippen molar-refractivity contribution in [3.63, 3.8) is 0 Å². The highest BCUT2D eigenvalue weighted by Crippen LogP contribution is 2.28. The third kappa shape index (κ3) is 3.80. The van der Waals surface area contributed by atoms with Crippen LogP contribution < -0.4 is 9.46 Å². The minimum atomic E-state index is -3.66. The third-order valence-corrected chi connectivity index (χ3v) is 5.11. The van der Waals surface area contributed by atoms with Gasteiger partial charge in [0.15, 0.2) is 0 Å². The molecule has 0 fully saturated rings. The van der Waals surface area contributed by atoms with E-state index in [0.717, 1.165) is 5.56 Å². The van der Waals surface area contributed by atoms with Crippen molar-refractivity contribution in [1.82, 2.24) is 4.72 Å². The average Bonchev–Trinajstić information content (AvgIpc) is 2.53. The van der Waals surface area contributed by atoms with Crippen molar-refractivity contribution in [2.75, 3.05) is 7.11 Å². The molecule has 2 rings (SSSR count). The third-order valence-electron chi connectivity index (χ3n) is 3.34. The van der Waals surface area contributed by atoms with Crippen LogP contribution in [0.1, 0.15) is 24.9 Å². The number of ether oxygens (including phenoxy) is 1. The van der Waals surface area contributed by atoms with Crippen molar-refractivity contribution < 1.29 is 13.2 Å². The summed E-state index contributed by atoms with van der Waals surface area (Å²) in [6.07, 6.45) is 0.646. The van der Waals surface area contributed by atoms with Gasteiger partial charge in [-0.15, -0.1) is 0 Å². The Hall–Kier alpha value is -1.56. The van der Waals surface area contributed by atoms with Gasteiger partial charge in [-0.2, -0.15) is 0 Å². The summed E-state index contributed by atoms with van der Waals surface area (Å²) in [5.74, 6) is 0.440. The molecule has 4 nitrogen and oxygen atoms in total. The van der Waals surface area contributed by atoms with E-state index in [1.54, 1.807) is 6.07 Å². The largest absolute Gasteiger partial charge is 0.495 e. The smallest absolute Gasteiger partial charge is 0.241 e. The molecule has 6 heteroatoms. The maximum atomic E-state index is 12.5. The maximum Gasteiger partial charge on any atom is 0.241 e. The molecule has 1 N–H and O–H groups in total. The van der Waals surface area contributed by atoms with Crippen LogP contribution in [0.4, 0.5) is 0 Å². The van der Waals surface area contributed by atoms with Gasteiger partial charge in [0.1, 0.15) is 5.75 Å². The Morgan fingerprint density at radius 1 is 1.18 bits per heavy atom. The molecule has 0 aliphatic heterocycles. The Kier molecular flexibility index (Phi) is 5.45. The Morgan fingerprint density at radius 2 is 1.86 bits per heavy atom. The lowest BCUT2D eigenvalue weighted by atomic mass is 10.1. The first-order valence-electron chi connectivity index (χ1n) is 6.88. The fourth-order valence-electron chi connectivity index (χ4n) is 2.14. The van der Waals surface area contributed by atoms with Crippen LogP contribution >= 0.6 is 11.6 Å². The second-order valence-corrected chi connectivity index (χ2v) is 6.91. The zero-order valence-electron chi connectivity index (χ0n) is 12.4. The normalized spacial score (nSPS) is 12.9. The fourth-order valence-corrected chi connectivity index (χ4v) is 3.80. The highest BCUT2D eigenvalue weighted by molar-refractivity contribution is 7.89. The second kappa shape index (κ2) is 7.13. The lowest BCUT2D eigenvalue weighted by Crippen LogP contribution is -2.28. The van der Waals surface area contributed by atoms with Crippen LogP contribution in [0.3, 0.4) is 0 Å². The van der Waals surface area contributed by atoms with Crippen molar-refractivity contribution in [3.05, 3.63) is 59.1 Å². The van der Waals surface area contributed by atoms with E-state index in [9.17, 15) is 8.42 Å². The average molecular weight is 340 g/mol. The van der Waals surface area contributed by atoms with Gasteiger partial charge in [0.05, 0.1) is 17.0 Å². The van der Waals surface area contributed by atoms with Crippen LogP contribution in [-0.4, -0.2) is 15.5 Å². The quantitative estimate of drug-likeness (QED) is 0.871. The zero-order chi connectivity index (χ0) is 16.2. The number of halogens is 1. The minimum absolute atomic E-state index is 0.118. The molecule has 0 unspecified atom stereocenters. The number of benzene rings is 2. The number of sulfonamides is 1. The first-order chi connectivity index (χ1) is 10.5. The van der Waals surface area contributed by atoms with E-state index in [0.29, 0.717) is 12.2 Å². The molecule has 22 heavy (non-hydrogen) atoms. The van der Waals surface area contributed by atoms with Gasteiger partial charge in [0.2, 0.25) is 10.0 Å². The van der Waals surface area contributed by atoms with E-state index in [4.69, 9.17) is 16.3 Å². The van der Waals surface area contributed by atoms with Crippen molar-refractivity contribution in [3.8, 4) is 5.75 Å². The summed E-state index contributed by atoms with van der Waals surface area (Å²) in [6, 6.07) is 13.6. The number of rotatable bonds is 6. The summed E-state index contributed by atoms with van der Waals surface area (Å²) < 4.78 is 32.8. The van der Waals surface area contributed by atoms with Gasteiger partial charge < -0.3 is 4.74 Å². The van der Waals surface area contributed by atoms with Gasteiger partial charge in [-0.05, 0) is 30.2 Å². The Bertz CT molecular complexity index is 732. The molecule has 0 saturated heterocycles. The summed E-state index contributed by atoms with van der Waals surface area (Å²) in [6.45, 7) is 1.93. The van der Waals surface area contributed by atoms with Crippen molar-refractivity contribution in [1.29, 1.82) is 0 Å².